The number of hydrogen-bond donors (Lipinski definition) is 0. The highest BCUT2D eigenvalue weighted by atomic mass is 32.2. The lowest BCUT2D eigenvalue weighted by atomic mass is 10.2. The Bertz CT molecular complexity index is 804. The largest absolute Gasteiger partial charge is 0.744 e. The van der Waals surface area contributed by atoms with Crippen LogP contribution in [0, 0.1) is 13.8 Å². The second-order valence-electron chi connectivity index (χ2n) is 4.55. The van der Waals surface area contributed by atoms with Gasteiger partial charge in [0.15, 0.2) is 0 Å². The molecule has 0 saturated carbocycles. The van der Waals surface area contributed by atoms with E-state index in [1.807, 2.05) is 13.0 Å². The molecule has 6 heteroatoms. The molecular formula is C15H15NO3S2. The summed E-state index contributed by atoms with van der Waals surface area (Å²) in [6, 6.07) is 14.1. The molecule has 0 amide bonds. The number of benzene rings is 2. The maximum Gasteiger partial charge on any atom is 0.233 e. The molecule has 1 N–H and O–H groups in total. The van der Waals surface area contributed by atoms with Crippen LogP contribution in [0.2, 0.25) is 0 Å². The minimum absolute atomic E-state index is 0.178. The molecule has 0 spiro atoms. The number of para-hydroxylation sites is 1. The van der Waals surface area contributed by atoms with Crippen molar-refractivity contribution in [2.24, 2.45) is 0 Å². The van der Waals surface area contributed by atoms with Crippen LogP contribution in [0.25, 0.3) is 10.2 Å². The van der Waals surface area contributed by atoms with Crippen LogP contribution in [0.5, 0.6) is 0 Å². The number of fused-ring (bicyclic) bond motifs is 1. The molecular weight excluding hydrogens is 306 g/mol. The monoisotopic (exact) mass is 321 g/mol. The minimum atomic E-state index is -4.27. The molecule has 0 fully saturated rings. The number of aromatic nitrogens is 1. The van der Waals surface area contributed by atoms with Crippen molar-refractivity contribution >= 4 is 31.7 Å². The van der Waals surface area contributed by atoms with E-state index in [0.29, 0.717) is 0 Å². The van der Waals surface area contributed by atoms with Crippen molar-refractivity contribution in [2.75, 3.05) is 0 Å². The molecule has 0 atom stereocenters. The summed E-state index contributed by atoms with van der Waals surface area (Å²) < 4.78 is 32.5. The Hall–Kier alpha value is -1.76. The third kappa shape index (κ3) is 4.35. The van der Waals surface area contributed by atoms with E-state index in [9.17, 15) is 13.0 Å². The lowest BCUT2D eigenvalue weighted by Gasteiger charge is -2.05. The molecule has 0 bridgehead atoms. The number of rotatable bonds is 1. The van der Waals surface area contributed by atoms with Crippen molar-refractivity contribution in [3.8, 4) is 0 Å². The number of aromatic amines is 1. The van der Waals surface area contributed by atoms with Crippen molar-refractivity contribution in [3.63, 3.8) is 0 Å². The molecule has 0 aliphatic rings. The molecule has 110 valence electrons. The van der Waals surface area contributed by atoms with E-state index in [1.165, 1.54) is 27.4 Å². The van der Waals surface area contributed by atoms with E-state index in [1.54, 1.807) is 23.5 Å². The van der Waals surface area contributed by atoms with Crippen LogP contribution in [0.3, 0.4) is 0 Å². The quantitative estimate of drug-likeness (QED) is 0.647. The van der Waals surface area contributed by atoms with E-state index >= 15 is 0 Å². The smallest absolute Gasteiger partial charge is 0.233 e. The third-order valence-electron chi connectivity index (χ3n) is 2.77. The van der Waals surface area contributed by atoms with Crippen molar-refractivity contribution in [3.05, 3.63) is 59.1 Å². The van der Waals surface area contributed by atoms with Gasteiger partial charge in [0.25, 0.3) is 0 Å². The van der Waals surface area contributed by atoms with Gasteiger partial charge in [0.2, 0.25) is 10.5 Å². The van der Waals surface area contributed by atoms with Crippen LogP contribution < -0.4 is 4.98 Å². The number of H-pyrrole nitrogens is 1. The zero-order valence-corrected chi connectivity index (χ0v) is 13.3. The summed E-state index contributed by atoms with van der Waals surface area (Å²) in [6.07, 6.45) is 0. The Morgan fingerprint density at radius 1 is 1.00 bits per heavy atom. The Kier molecular flexibility index (Phi) is 4.72. The van der Waals surface area contributed by atoms with Gasteiger partial charge in [0, 0.05) is 13.0 Å². The van der Waals surface area contributed by atoms with Gasteiger partial charge in [-0.3, -0.25) is 0 Å². The first kappa shape index (κ1) is 15.6. The van der Waals surface area contributed by atoms with Crippen LogP contribution in [0.15, 0.2) is 53.4 Å². The van der Waals surface area contributed by atoms with Gasteiger partial charge in [-0.15, -0.1) is 0 Å². The first-order valence-corrected chi connectivity index (χ1v) is 8.49. The Balaban J connectivity index is 0.000000154. The lowest BCUT2D eigenvalue weighted by molar-refractivity contribution is -0.347. The highest BCUT2D eigenvalue weighted by Crippen LogP contribution is 2.16. The number of thiazole rings is 1. The fraction of sp³-hybridized carbons (Fsp3) is 0.133. The highest BCUT2D eigenvalue weighted by molar-refractivity contribution is 7.85. The molecule has 21 heavy (non-hydrogen) atoms. The van der Waals surface area contributed by atoms with Gasteiger partial charge < -0.3 is 4.55 Å². The molecule has 2 aromatic carbocycles. The van der Waals surface area contributed by atoms with Crippen molar-refractivity contribution in [2.45, 2.75) is 18.7 Å². The van der Waals surface area contributed by atoms with E-state index in [2.05, 4.69) is 30.1 Å². The zero-order chi connectivity index (χ0) is 15.5. The van der Waals surface area contributed by atoms with Crippen LogP contribution in [0.4, 0.5) is 0 Å². The van der Waals surface area contributed by atoms with Crippen molar-refractivity contribution in [1.29, 1.82) is 0 Å². The molecule has 3 rings (SSSR count). The van der Waals surface area contributed by atoms with E-state index in [4.69, 9.17) is 0 Å². The lowest BCUT2D eigenvalue weighted by Crippen LogP contribution is -1.99. The Morgan fingerprint density at radius 3 is 2.19 bits per heavy atom. The van der Waals surface area contributed by atoms with E-state index < -0.39 is 10.1 Å². The Labute approximate surface area is 127 Å². The summed E-state index contributed by atoms with van der Waals surface area (Å²) in [5.74, 6) is 0. The fourth-order valence-electron chi connectivity index (χ4n) is 1.74. The highest BCUT2D eigenvalue weighted by Gasteiger charge is 2.03. The summed E-state index contributed by atoms with van der Waals surface area (Å²) in [5, 5.41) is 1.27. The molecule has 0 saturated heterocycles. The fourth-order valence-corrected chi connectivity index (χ4v) is 3.08. The van der Waals surface area contributed by atoms with Gasteiger partial charge in [-0.25, -0.2) is 8.42 Å². The van der Waals surface area contributed by atoms with Crippen LogP contribution in [-0.4, -0.2) is 13.0 Å². The summed E-state index contributed by atoms with van der Waals surface area (Å²) in [5.41, 5.74) is 2.17. The normalized spacial score (nSPS) is 11.0. The zero-order valence-electron chi connectivity index (χ0n) is 11.7. The van der Waals surface area contributed by atoms with E-state index in [0.717, 1.165) is 5.56 Å². The molecule has 4 nitrogen and oxygen atoms in total. The van der Waals surface area contributed by atoms with Crippen molar-refractivity contribution < 1.29 is 18.0 Å². The summed E-state index contributed by atoms with van der Waals surface area (Å²) >= 11 is 1.80. The minimum Gasteiger partial charge on any atom is -0.744 e. The Morgan fingerprint density at radius 2 is 1.62 bits per heavy atom. The summed E-state index contributed by atoms with van der Waals surface area (Å²) in [6.45, 7) is 3.91. The number of hydrogen-bond acceptors (Lipinski definition) is 4. The third-order valence-corrected chi connectivity index (χ3v) is 4.60. The molecule has 1 heterocycles. The molecule has 0 unspecified atom stereocenters. The maximum atomic E-state index is 10.4. The van der Waals surface area contributed by atoms with Gasteiger partial charge in [-0.05, 0) is 25.1 Å². The summed E-state index contributed by atoms with van der Waals surface area (Å²) in [4.78, 5) is 3.10. The number of aryl methyl sites for hydroxylation is 2. The van der Waals surface area contributed by atoms with Gasteiger partial charge in [0.05, 0.1) is 4.90 Å². The predicted octanol–water partition coefficient (Wildman–Crippen LogP) is 2.92. The predicted molar refractivity (Wildman–Crippen MR) is 82.3 cm³/mol. The van der Waals surface area contributed by atoms with Gasteiger partial charge >= 0.3 is 0 Å². The van der Waals surface area contributed by atoms with Crippen LogP contribution >= 0.6 is 11.3 Å². The SMILES string of the molecule is Cc1[nH+]c2ccccc2s1.Cc1ccc(S(=O)(=O)[O-])cc1. The second kappa shape index (κ2) is 6.34. The molecule has 3 aromatic rings. The van der Waals surface area contributed by atoms with Gasteiger partial charge in [0.1, 0.15) is 14.8 Å². The average Bonchev–Trinajstić information content (AvgIpc) is 2.79. The van der Waals surface area contributed by atoms with Gasteiger partial charge in [-0.1, -0.05) is 41.2 Å². The van der Waals surface area contributed by atoms with Crippen LogP contribution in [0.1, 0.15) is 10.6 Å². The second-order valence-corrected chi connectivity index (χ2v) is 7.18. The van der Waals surface area contributed by atoms with E-state index in [-0.39, 0.29) is 4.90 Å². The summed E-state index contributed by atoms with van der Waals surface area (Å²) in [7, 11) is -4.27. The van der Waals surface area contributed by atoms with Crippen molar-refractivity contribution in [1.82, 2.24) is 0 Å². The number of nitrogens with one attached hydrogen (secondary N) is 1. The van der Waals surface area contributed by atoms with Gasteiger partial charge in [-0.2, -0.15) is 4.98 Å². The molecule has 0 aliphatic carbocycles. The first-order chi connectivity index (χ1) is 9.86. The van der Waals surface area contributed by atoms with Crippen LogP contribution in [-0.2, 0) is 10.1 Å². The maximum absolute atomic E-state index is 10.4. The first-order valence-electron chi connectivity index (χ1n) is 6.26. The molecule has 1 aromatic heterocycles. The standard InChI is InChI=1S/C8H7NS.C7H8O3S/c1-6-9-7-4-2-3-5-8(7)10-6;1-6-2-4-7(5-3-6)11(8,9)10/h2-5H,1H3;2-5H,1H3,(H,8,9,10). The molecule has 0 aliphatic heterocycles. The average molecular weight is 321 g/mol. The molecule has 0 radical (unpaired) electrons. The topological polar surface area (TPSA) is 71.3 Å².